The summed E-state index contributed by atoms with van der Waals surface area (Å²) in [6, 6.07) is 9.87. The van der Waals surface area contributed by atoms with E-state index in [2.05, 4.69) is 31.7 Å². The zero-order valence-electron chi connectivity index (χ0n) is 14.9. The quantitative estimate of drug-likeness (QED) is 0.409. The van der Waals surface area contributed by atoms with E-state index in [0.29, 0.717) is 5.75 Å². The van der Waals surface area contributed by atoms with Gasteiger partial charge in [0.1, 0.15) is 5.82 Å². The molecule has 5 nitrogen and oxygen atoms in total. The molecule has 0 aliphatic carbocycles. The predicted octanol–water partition coefficient (Wildman–Crippen LogP) is 4.94. The summed E-state index contributed by atoms with van der Waals surface area (Å²) in [6.45, 7) is 6.91. The van der Waals surface area contributed by atoms with Gasteiger partial charge in [-0.2, -0.15) is 0 Å². The van der Waals surface area contributed by atoms with Crippen LogP contribution in [-0.4, -0.2) is 24.7 Å². The zero-order chi connectivity index (χ0) is 18.5. The summed E-state index contributed by atoms with van der Waals surface area (Å²) in [4.78, 5) is 8.95. The fourth-order valence-corrected chi connectivity index (χ4v) is 4.46. The van der Waals surface area contributed by atoms with Crippen molar-refractivity contribution in [1.29, 1.82) is 0 Å². The summed E-state index contributed by atoms with van der Waals surface area (Å²) in [5.41, 5.74) is 3.18. The van der Waals surface area contributed by atoms with Gasteiger partial charge in [-0.05, 0) is 44.5 Å². The molecule has 0 atom stereocenters. The molecule has 0 unspecified atom stereocenters. The largest absolute Gasteiger partial charge is 0.306 e. The maximum Gasteiger partial charge on any atom is 0.191 e. The van der Waals surface area contributed by atoms with Crippen molar-refractivity contribution in [1.82, 2.24) is 24.7 Å². The minimum absolute atomic E-state index is 0.700. The minimum Gasteiger partial charge on any atom is -0.306 e. The van der Waals surface area contributed by atoms with E-state index >= 15 is 0 Å². The molecule has 0 spiro atoms. The zero-order valence-corrected chi connectivity index (χ0v) is 17.3. The number of rotatable bonds is 7. The van der Waals surface area contributed by atoms with Crippen molar-refractivity contribution in [3.63, 3.8) is 0 Å². The molecule has 0 bridgehead atoms. The van der Waals surface area contributed by atoms with Gasteiger partial charge in [0.25, 0.3) is 0 Å². The van der Waals surface area contributed by atoms with E-state index in [1.807, 2.05) is 44.2 Å². The molecule has 3 aromatic rings. The molecule has 0 radical (unpaired) electrons. The molecule has 0 fully saturated rings. The van der Waals surface area contributed by atoms with Gasteiger partial charge in [0.05, 0.1) is 5.75 Å². The second-order valence-corrected chi connectivity index (χ2v) is 8.10. The second kappa shape index (κ2) is 8.88. The first kappa shape index (κ1) is 19.2. The third-order valence-electron chi connectivity index (χ3n) is 3.68. The first-order valence-electron chi connectivity index (χ1n) is 8.29. The number of aromatic nitrogens is 5. The SMILES string of the molecule is CCn1c(CSc2nc(C)cc(C)n2)nnc1SCc1ccc(Cl)cc1. The molecular formula is C18H20ClN5S2. The van der Waals surface area contributed by atoms with E-state index in [-0.39, 0.29) is 0 Å². The average Bonchev–Trinajstić information content (AvgIpc) is 3.00. The molecular weight excluding hydrogens is 386 g/mol. The summed E-state index contributed by atoms with van der Waals surface area (Å²) in [5, 5.41) is 11.2. The molecule has 0 aliphatic heterocycles. The van der Waals surface area contributed by atoms with Gasteiger partial charge in [0.15, 0.2) is 10.3 Å². The van der Waals surface area contributed by atoms with Crippen LogP contribution in [0.4, 0.5) is 0 Å². The van der Waals surface area contributed by atoms with Gasteiger partial charge in [-0.1, -0.05) is 47.3 Å². The highest BCUT2D eigenvalue weighted by molar-refractivity contribution is 7.98. The average molecular weight is 406 g/mol. The number of aryl methyl sites for hydroxylation is 2. The Bertz CT molecular complexity index is 860. The van der Waals surface area contributed by atoms with E-state index in [9.17, 15) is 0 Å². The molecule has 2 aromatic heterocycles. The Kier molecular flexibility index (Phi) is 6.56. The van der Waals surface area contributed by atoms with Crippen LogP contribution >= 0.6 is 35.1 Å². The van der Waals surface area contributed by atoms with Crippen molar-refractivity contribution in [2.75, 3.05) is 0 Å². The second-order valence-electron chi connectivity index (χ2n) is 5.78. The fraction of sp³-hybridized carbons (Fsp3) is 0.333. The smallest absolute Gasteiger partial charge is 0.191 e. The minimum atomic E-state index is 0.700. The Balaban J connectivity index is 1.66. The van der Waals surface area contributed by atoms with Crippen LogP contribution in [0.25, 0.3) is 0 Å². The topological polar surface area (TPSA) is 56.5 Å². The maximum absolute atomic E-state index is 5.94. The Morgan fingerprint density at radius 1 is 0.962 bits per heavy atom. The molecule has 1 aromatic carbocycles. The summed E-state index contributed by atoms with van der Waals surface area (Å²) in [7, 11) is 0. The Hall–Kier alpha value is -1.57. The Morgan fingerprint density at radius 3 is 2.31 bits per heavy atom. The van der Waals surface area contributed by atoms with Crippen molar-refractivity contribution in [2.24, 2.45) is 0 Å². The molecule has 26 heavy (non-hydrogen) atoms. The molecule has 0 N–H and O–H groups in total. The third kappa shape index (κ3) is 4.99. The Morgan fingerprint density at radius 2 is 1.65 bits per heavy atom. The van der Waals surface area contributed by atoms with Crippen LogP contribution in [0.1, 0.15) is 29.7 Å². The van der Waals surface area contributed by atoms with E-state index in [1.54, 1.807) is 23.5 Å². The molecule has 3 rings (SSSR count). The molecule has 0 saturated carbocycles. The van der Waals surface area contributed by atoms with E-state index in [4.69, 9.17) is 11.6 Å². The lowest BCUT2D eigenvalue weighted by Crippen LogP contribution is -2.03. The van der Waals surface area contributed by atoms with Gasteiger partial charge in [0, 0.05) is 28.7 Å². The van der Waals surface area contributed by atoms with Gasteiger partial charge in [0.2, 0.25) is 0 Å². The number of hydrogen-bond donors (Lipinski definition) is 0. The summed E-state index contributed by atoms with van der Waals surface area (Å²) in [6.07, 6.45) is 0. The van der Waals surface area contributed by atoms with E-state index in [1.165, 1.54) is 5.56 Å². The van der Waals surface area contributed by atoms with Gasteiger partial charge in [-0.15, -0.1) is 10.2 Å². The van der Waals surface area contributed by atoms with Gasteiger partial charge in [-0.25, -0.2) is 9.97 Å². The molecule has 2 heterocycles. The normalized spacial score (nSPS) is 11.1. The molecule has 0 amide bonds. The summed E-state index contributed by atoms with van der Waals surface area (Å²) >= 11 is 9.21. The van der Waals surface area contributed by atoms with Crippen molar-refractivity contribution in [3.8, 4) is 0 Å². The lowest BCUT2D eigenvalue weighted by Gasteiger charge is -2.07. The van der Waals surface area contributed by atoms with Gasteiger partial charge in [-0.3, -0.25) is 0 Å². The van der Waals surface area contributed by atoms with Crippen LogP contribution in [0, 0.1) is 13.8 Å². The highest BCUT2D eigenvalue weighted by atomic mass is 35.5. The van der Waals surface area contributed by atoms with Crippen LogP contribution in [0.3, 0.4) is 0 Å². The lowest BCUT2D eigenvalue weighted by atomic mass is 10.2. The van der Waals surface area contributed by atoms with E-state index < -0.39 is 0 Å². The highest BCUT2D eigenvalue weighted by Crippen LogP contribution is 2.25. The van der Waals surface area contributed by atoms with Crippen molar-refractivity contribution < 1.29 is 0 Å². The number of nitrogens with zero attached hydrogens (tertiary/aromatic N) is 5. The van der Waals surface area contributed by atoms with Crippen molar-refractivity contribution in [3.05, 3.63) is 58.1 Å². The van der Waals surface area contributed by atoms with Crippen LogP contribution in [-0.2, 0) is 18.1 Å². The van der Waals surface area contributed by atoms with Gasteiger partial charge < -0.3 is 4.57 Å². The Labute approximate surface area is 167 Å². The molecule has 8 heteroatoms. The summed E-state index contributed by atoms with van der Waals surface area (Å²) < 4.78 is 2.15. The molecule has 136 valence electrons. The monoisotopic (exact) mass is 405 g/mol. The van der Waals surface area contributed by atoms with Gasteiger partial charge >= 0.3 is 0 Å². The number of halogens is 1. The van der Waals surface area contributed by atoms with E-state index in [0.717, 1.165) is 44.8 Å². The number of thioether (sulfide) groups is 2. The number of benzene rings is 1. The number of hydrogen-bond acceptors (Lipinski definition) is 6. The van der Waals surface area contributed by atoms with Crippen molar-refractivity contribution in [2.45, 2.75) is 49.1 Å². The standard InChI is InChI=1S/C18H20ClN5S2/c1-4-24-16(11-25-17-20-12(2)9-13(3)21-17)22-23-18(24)26-10-14-5-7-15(19)8-6-14/h5-9H,4,10-11H2,1-3H3. The first-order chi connectivity index (χ1) is 12.5. The highest BCUT2D eigenvalue weighted by Gasteiger charge is 2.13. The van der Waals surface area contributed by atoms with Crippen LogP contribution < -0.4 is 0 Å². The molecule has 0 aliphatic rings. The first-order valence-corrected chi connectivity index (χ1v) is 10.6. The van der Waals surface area contributed by atoms with Crippen LogP contribution in [0.15, 0.2) is 40.6 Å². The maximum atomic E-state index is 5.94. The third-order valence-corrected chi connectivity index (χ3v) is 5.82. The fourth-order valence-electron chi connectivity index (χ4n) is 2.47. The molecule has 0 saturated heterocycles. The predicted molar refractivity (Wildman–Crippen MR) is 108 cm³/mol. The van der Waals surface area contributed by atoms with Crippen LogP contribution in [0.5, 0.6) is 0 Å². The van der Waals surface area contributed by atoms with Crippen molar-refractivity contribution >= 4 is 35.1 Å². The van der Waals surface area contributed by atoms with Crippen LogP contribution in [0.2, 0.25) is 5.02 Å². The summed E-state index contributed by atoms with van der Waals surface area (Å²) in [5.74, 6) is 2.48. The lowest BCUT2D eigenvalue weighted by molar-refractivity contribution is 0.659.